The molecule has 0 aromatic carbocycles. The van der Waals surface area contributed by atoms with E-state index in [9.17, 15) is 9.59 Å². The van der Waals surface area contributed by atoms with Crippen LogP contribution >= 0.6 is 0 Å². The summed E-state index contributed by atoms with van der Waals surface area (Å²) in [5.74, 6) is -0.0613. The minimum absolute atomic E-state index is 0.0740. The Bertz CT molecular complexity index is 240. The first-order valence-corrected chi connectivity index (χ1v) is 3.91. The van der Waals surface area contributed by atoms with Gasteiger partial charge in [0.2, 0.25) is 0 Å². The third-order valence-corrected chi connectivity index (χ3v) is 2.12. The summed E-state index contributed by atoms with van der Waals surface area (Å²) in [6.45, 7) is 1.87. The molecule has 66 valence electrons. The lowest BCUT2D eigenvalue weighted by Gasteiger charge is -2.07. The highest BCUT2D eigenvalue weighted by atomic mass is 16.5. The van der Waals surface area contributed by atoms with E-state index in [0.29, 0.717) is 12.8 Å². The van der Waals surface area contributed by atoms with Gasteiger partial charge in [-0.3, -0.25) is 9.59 Å². The molecule has 0 aliphatic heterocycles. The van der Waals surface area contributed by atoms with Crippen LogP contribution in [0.3, 0.4) is 0 Å². The monoisotopic (exact) mass is 168 g/mol. The maximum absolute atomic E-state index is 10.9. The van der Waals surface area contributed by atoms with Crippen molar-refractivity contribution in [1.82, 2.24) is 0 Å². The predicted octanol–water partition coefficient (Wildman–Crippen LogP) is 1.08. The standard InChI is InChI=1S/C9H12O3/c1-6-3-8(10)4-7(6)5-9(11)12-2/h3,7H,4-5H2,1-2H3. The van der Waals surface area contributed by atoms with Gasteiger partial charge in [-0.25, -0.2) is 0 Å². The summed E-state index contributed by atoms with van der Waals surface area (Å²) in [4.78, 5) is 21.8. The molecule has 0 fully saturated rings. The molecule has 0 radical (unpaired) electrons. The molecule has 0 aromatic rings. The fraction of sp³-hybridized carbons (Fsp3) is 0.556. The van der Waals surface area contributed by atoms with E-state index < -0.39 is 0 Å². The average molecular weight is 168 g/mol. The number of allylic oxidation sites excluding steroid dienone is 2. The first kappa shape index (κ1) is 8.97. The maximum atomic E-state index is 10.9. The third-order valence-electron chi connectivity index (χ3n) is 2.12. The minimum atomic E-state index is -0.248. The molecular weight excluding hydrogens is 156 g/mol. The molecule has 1 rings (SSSR count). The van der Waals surface area contributed by atoms with Crippen LogP contribution < -0.4 is 0 Å². The van der Waals surface area contributed by atoms with Crippen LogP contribution in [0.2, 0.25) is 0 Å². The molecule has 3 nitrogen and oxygen atoms in total. The van der Waals surface area contributed by atoms with Crippen LogP contribution in [0.4, 0.5) is 0 Å². The number of esters is 1. The normalized spacial score (nSPS) is 22.3. The molecule has 3 heteroatoms. The van der Waals surface area contributed by atoms with E-state index in [1.165, 1.54) is 7.11 Å². The van der Waals surface area contributed by atoms with Crippen LogP contribution in [0.1, 0.15) is 19.8 Å². The number of carbonyl (C=O) groups excluding carboxylic acids is 2. The van der Waals surface area contributed by atoms with Gasteiger partial charge in [0, 0.05) is 6.42 Å². The molecule has 1 unspecified atom stereocenters. The lowest BCUT2D eigenvalue weighted by Crippen LogP contribution is -2.09. The highest BCUT2D eigenvalue weighted by Crippen LogP contribution is 2.25. The molecule has 1 atom stereocenters. The smallest absolute Gasteiger partial charge is 0.306 e. The Hall–Kier alpha value is -1.12. The number of ether oxygens (including phenoxy) is 1. The Balaban J connectivity index is 2.51. The second-order valence-corrected chi connectivity index (χ2v) is 3.04. The number of carbonyl (C=O) groups is 2. The summed E-state index contributed by atoms with van der Waals surface area (Å²) in [5.41, 5.74) is 0.991. The van der Waals surface area contributed by atoms with E-state index >= 15 is 0 Å². The fourth-order valence-corrected chi connectivity index (χ4v) is 1.35. The van der Waals surface area contributed by atoms with Gasteiger partial charge >= 0.3 is 5.97 Å². The van der Waals surface area contributed by atoms with Crippen molar-refractivity contribution in [3.8, 4) is 0 Å². The Labute approximate surface area is 71.4 Å². The molecule has 0 saturated carbocycles. The molecule has 1 aliphatic carbocycles. The van der Waals surface area contributed by atoms with E-state index in [1.54, 1.807) is 6.08 Å². The van der Waals surface area contributed by atoms with Crippen molar-refractivity contribution in [3.63, 3.8) is 0 Å². The Morgan fingerprint density at radius 1 is 1.75 bits per heavy atom. The molecule has 1 aliphatic rings. The zero-order chi connectivity index (χ0) is 9.14. The van der Waals surface area contributed by atoms with E-state index in [-0.39, 0.29) is 17.7 Å². The zero-order valence-electron chi connectivity index (χ0n) is 7.29. The van der Waals surface area contributed by atoms with Gasteiger partial charge in [-0.15, -0.1) is 0 Å². The van der Waals surface area contributed by atoms with Crippen LogP contribution in [-0.2, 0) is 14.3 Å². The van der Waals surface area contributed by atoms with Crippen molar-refractivity contribution in [2.75, 3.05) is 7.11 Å². The topological polar surface area (TPSA) is 43.4 Å². The summed E-state index contributed by atoms with van der Waals surface area (Å²) >= 11 is 0. The summed E-state index contributed by atoms with van der Waals surface area (Å²) < 4.78 is 4.52. The number of rotatable bonds is 2. The van der Waals surface area contributed by atoms with Gasteiger partial charge in [0.05, 0.1) is 13.5 Å². The Morgan fingerprint density at radius 2 is 2.42 bits per heavy atom. The van der Waals surface area contributed by atoms with Gasteiger partial charge in [-0.05, 0) is 18.9 Å². The minimum Gasteiger partial charge on any atom is -0.469 e. The molecule has 0 amide bonds. The van der Waals surface area contributed by atoms with Crippen molar-refractivity contribution in [3.05, 3.63) is 11.6 Å². The van der Waals surface area contributed by atoms with E-state index in [0.717, 1.165) is 5.57 Å². The second-order valence-electron chi connectivity index (χ2n) is 3.04. The molecule has 12 heavy (non-hydrogen) atoms. The van der Waals surface area contributed by atoms with Gasteiger partial charge in [-0.1, -0.05) is 5.57 Å². The van der Waals surface area contributed by atoms with Crippen molar-refractivity contribution >= 4 is 11.8 Å². The quantitative estimate of drug-likeness (QED) is 0.579. The summed E-state index contributed by atoms with van der Waals surface area (Å²) in [6.07, 6.45) is 2.39. The van der Waals surface area contributed by atoms with Crippen molar-refractivity contribution in [2.45, 2.75) is 19.8 Å². The van der Waals surface area contributed by atoms with Gasteiger partial charge in [-0.2, -0.15) is 0 Å². The van der Waals surface area contributed by atoms with Crippen LogP contribution in [0.15, 0.2) is 11.6 Å². The second kappa shape index (κ2) is 3.52. The molecule has 0 saturated heterocycles. The Morgan fingerprint density at radius 3 is 2.83 bits per heavy atom. The average Bonchev–Trinajstić information content (AvgIpc) is 2.30. The highest BCUT2D eigenvalue weighted by Gasteiger charge is 2.24. The number of methoxy groups -OCH3 is 1. The van der Waals surface area contributed by atoms with Crippen LogP contribution in [0, 0.1) is 5.92 Å². The summed E-state index contributed by atoms with van der Waals surface area (Å²) in [7, 11) is 1.36. The van der Waals surface area contributed by atoms with Gasteiger partial charge in [0.15, 0.2) is 5.78 Å². The summed E-state index contributed by atoms with van der Waals surface area (Å²) in [5, 5.41) is 0. The van der Waals surface area contributed by atoms with Gasteiger partial charge < -0.3 is 4.74 Å². The van der Waals surface area contributed by atoms with Gasteiger partial charge in [0.1, 0.15) is 0 Å². The molecule has 0 aromatic heterocycles. The third kappa shape index (κ3) is 1.94. The predicted molar refractivity (Wildman–Crippen MR) is 43.5 cm³/mol. The summed E-state index contributed by atoms with van der Waals surface area (Å²) in [6, 6.07) is 0. The number of ketones is 1. The molecule has 0 spiro atoms. The molecular formula is C9H12O3. The highest BCUT2D eigenvalue weighted by molar-refractivity contribution is 5.94. The van der Waals surface area contributed by atoms with E-state index in [4.69, 9.17) is 0 Å². The van der Waals surface area contributed by atoms with E-state index in [2.05, 4.69) is 4.74 Å². The van der Waals surface area contributed by atoms with Crippen LogP contribution in [0.5, 0.6) is 0 Å². The molecule has 0 heterocycles. The van der Waals surface area contributed by atoms with E-state index in [1.807, 2.05) is 6.92 Å². The first-order chi connectivity index (χ1) is 5.63. The van der Waals surface area contributed by atoms with Crippen molar-refractivity contribution in [2.24, 2.45) is 5.92 Å². The first-order valence-electron chi connectivity index (χ1n) is 3.91. The van der Waals surface area contributed by atoms with Crippen LogP contribution in [-0.4, -0.2) is 18.9 Å². The zero-order valence-corrected chi connectivity index (χ0v) is 7.29. The lowest BCUT2D eigenvalue weighted by molar-refractivity contribution is -0.141. The number of hydrogen-bond acceptors (Lipinski definition) is 3. The lowest BCUT2D eigenvalue weighted by atomic mass is 9.99. The van der Waals surface area contributed by atoms with Crippen LogP contribution in [0.25, 0.3) is 0 Å². The maximum Gasteiger partial charge on any atom is 0.306 e. The van der Waals surface area contributed by atoms with Crippen molar-refractivity contribution in [1.29, 1.82) is 0 Å². The molecule has 0 N–H and O–H groups in total. The Kier molecular flexibility index (Phi) is 2.63. The molecule has 0 bridgehead atoms. The fourth-order valence-electron chi connectivity index (χ4n) is 1.35. The SMILES string of the molecule is COC(=O)CC1CC(=O)C=C1C. The van der Waals surface area contributed by atoms with Crippen molar-refractivity contribution < 1.29 is 14.3 Å². The number of hydrogen-bond donors (Lipinski definition) is 0. The largest absolute Gasteiger partial charge is 0.469 e. The van der Waals surface area contributed by atoms with Gasteiger partial charge in [0.25, 0.3) is 0 Å².